The van der Waals surface area contributed by atoms with Crippen molar-refractivity contribution in [3.05, 3.63) is 29.8 Å². The van der Waals surface area contributed by atoms with Crippen LogP contribution in [0.4, 0.5) is 0 Å². The number of carbonyl (C=O) groups is 1. The lowest BCUT2D eigenvalue weighted by Gasteiger charge is -2.10. The lowest BCUT2D eigenvalue weighted by Crippen LogP contribution is -2.11. The highest BCUT2D eigenvalue weighted by molar-refractivity contribution is 8.00. The van der Waals surface area contributed by atoms with Crippen LogP contribution in [0.15, 0.2) is 29.2 Å². The van der Waals surface area contributed by atoms with E-state index in [1.807, 2.05) is 6.92 Å². The summed E-state index contributed by atoms with van der Waals surface area (Å²) in [7, 11) is 0. The molecule has 0 fully saturated rings. The van der Waals surface area contributed by atoms with Crippen LogP contribution in [0.1, 0.15) is 25.8 Å². The van der Waals surface area contributed by atoms with Crippen molar-refractivity contribution in [2.75, 3.05) is 0 Å². The summed E-state index contributed by atoms with van der Waals surface area (Å²) in [6, 6.07) is 8.31. The van der Waals surface area contributed by atoms with Crippen LogP contribution < -0.4 is 0 Å². The van der Waals surface area contributed by atoms with Crippen molar-refractivity contribution in [2.24, 2.45) is 0 Å². The second kappa shape index (κ2) is 5.20. The molecule has 0 aliphatic carbocycles. The Morgan fingerprint density at radius 1 is 1.36 bits per heavy atom. The number of benzene rings is 1. The maximum Gasteiger partial charge on any atom is 0.143 e. The number of hydrogen-bond donors (Lipinski definition) is 0. The minimum atomic E-state index is 0.109. The van der Waals surface area contributed by atoms with Gasteiger partial charge in [0.15, 0.2) is 0 Å². The molecular weight excluding hydrogens is 192 g/mol. The predicted octanol–water partition coefficient (Wildman–Crippen LogP) is 3.45. The molecule has 0 saturated heterocycles. The predicted molar refractivity (Wildman–Crippen MR) is 61.8 cm³/mol. The van der Waals surface area contributed by atoms with Crippen LogP contribution in [0.2, 0.25) is 0 Å². The molecule has 0 saturated carbocycles. The fourth-order valence-electron chi connectivity index (χ4n) is 1.23. The van der Waals surface area contributed by atoms with E-state index in [0.717, 1.165) is 6.42 Å². The van der Waals surface area contributed by atoms with Gasteiger partial charge in [-0.3, -0.25) is 4.79 Å². The standard InChI is InChI=1S/C12H16OS/c1-4-12(10(3)13)14-11-7-5-9(2)6-8-11/h5-8,12H,4H2,1-3H3. The first-order valence-corrected chi connectivity index (χ1v) is 5.75. The summed E-state index contributed by atoms with van der Waals surface area (Å²) in [6.07, 6.45) is 0.897. The van der Waals surface area contributed by atoms with Gasteiger partial charge in [0.2, 0.25) is 0 Å². The van der Waals surface area contributed by atoms with Crippen LogP contribution in [-0.2, 0) is 4.79 Å². The summed E-state index contributed by atoms with van der Waals surface area (Å²) < 4.78 is 0. The third-order valence-electron chi connectivity index (χ3n) is 2.12. The van der Waals surface area contributed by atoms with Crippen LogP contribution >= 0.6 is 11.8 Å². The third kappa shape index (κ3) is 3.18. The first-order valence-electron chi connectivity index (χ1n) is 4.87. The van der Waals surface area contributed by atoms with Crippen LogP contribution in [-0.4, -0.2) is 11.0 Å². The molecule has 0 aliphatic rings. The molecule has 1 unspecified atom stereocenters. The number of hydrogen-bond acceptors (Lipinski definition) is 2. The Morgan fingerprint density at radius 2 is 1.93 bits per heavy atom. The van der Waals surface area contributed by atoms with Crippen LogP contribution in [0.5, 0.6) is 0 Å². The van der Waals surface area contributed by atoms with E-state index in [1.165, 1.54) is 10.5 Å². The molecule has 0 N–H and O–H groups in total. The maximum atomic E-state index is 11.2. The monoisotopic (exact) mass is 208 g/mol. The molecule has 1 aromatic carbocycles. The summed E-state index contributed by atoms with van der Waals surface area (Å²) in [5, 5.41) is 0.109. The van der Waals surface area contributed by atoms with E-state index in [2.05, 4.69) is 31.2 Å². The molecule has 0 spiro atoms. The van der Waals surface area contributed by atoms with E-state index in [-0.39, 0.29) is 11.0 Å². The number of ketones is 1. The van der Waals surface area contributed by atoms with Gasteiger partial charge < -0.3 is 0 Å². The van der Waals surface area contributed by atoms with Gasteiger partial charge in [-0.05, 0) is 32.4 Å². The fourth-order valence-corrected chi connectivity index (χ4v) is 2.19. The number of thioether (sulfide) groups is 1. The number of aryl methyl sites for hydroxylation is 1. The van der Waals surface area contributed by atoms with Crippen LogP contribution in [0, 0.1) is 6.92 Å². The van der Waals surface area contributed by atoms with Gasteiger partial charge in [0.05, 0.1) is 5.25 Å². The largest absolute Gasteiger partial charge is 0.299 e. The van der Waals surface area contributed by atoms with Gasteiger partial charge in [0, 0.05) is 4.90 Å². The molecule has 76 valence electrons. The van der Waals surface area contributed by atoms with Gasteiger partial charge in [-0.25, -0.2) is 0 Å². The molecule has 0 aliphatic heterocycles. The zero-order valence-electron chi connectivity index (χ0n) is 8.91. The van der Waals surface area contributed by atoms with Crippen molar-refractivity contribution in [3.63, 3.8) is 0 Å². The quantitative estimate of drug-likeness (QED) is 0.705. The normalized spacial score (nSPS) is 12.5. The van der Waals surface area contributed by atoms with Crippen LogP contribution in [0.25, 0.3) is 0 Å². The molecule has 1 atom stereocenters. The van der Waals surface area contributed by atoms with Gasteiger partial charge in [0.1, 0.15) is 5.78 Å². The van der Waals surface area contributed by atoms with Crippen molar-refractivity contribution in [1.29, 1.82) is 0 Å². The zero-order chi connectivity index (χ0) is 10.6. The molecule has 14 heavy (non-hydrogen) atoms. The maximum absolute atomic E-state index is 11.2. The molecule has 1 rings (SSSR count). The summed E-state index contributed by atoms with van der Waals surface area (Å²) in [5.41, 5.74) is 1.25. The van der Waals surface area contributed by atoms with Crippen molar-refractivity contribution in [2.45, 2.75) is 37.3 Å². The molecule has 1 nitrogen and oxygen atoms in total. The Morgan fingerprint density at radius 3 is 2.36 bits per heavy atom. The van der Waals surface area contributed by atoms with Crippen molar-refractivity contribution < 1.29 is 4.79 Å². The number of rotatable bonds is 4. The summed E-state index contributed by atoms with van der Waals surface area (Å²) in [6.45, 7) is 5.78. The third-order valence-corrected chi connectivity index (χ3v) is 3.62. The van der Waals surface area contributed by atoms with E-state index in [4.69, 9.17) is 0 Å². The summed E-state index contributed by atoms with van der Waals surface area (Å²) >= 11 is 1.66. The zero-order valence-corrected chi connectivity index (χ0v) is 9.73. The molecule has 1 aromatic rings. The number of Topliss-reactive ketones (excluding diaryl/α,β-unsaturated/α-hetero) is 1. The first kappa shape index (κ1) is 11.3. The molecule has 0 amide bonds. The van der Waals surface area contributed by atoms with Crippen molar-refractivity contribution in [1.82, 2.24) is 0 Å². The summed E-state index contributed by atoms with van der Waals surface area (Å²) in [5.74, 6) is 0.262. The minimum absolute atomic E-state index is 0.109. The van der Waals surface area contributed by atoms with E-state index in [0.29, 0.717) is 0 Å². The topological polar surface area (TPSA) is 17.1 Å². The summed E-state index contributed by atoms with van der Waals surface area (Å²) in [4.78, 5) is 12.4. The second-order valence-corrected chi connectivity index (χ2v) is 4.71. The average molecular weight is 208 g/mol. The smallest absolute Gasteiger partial charge is 0.143 e. The van der Waals surface area contributed by atoms with Gasteiger partial charge in [0.25, 0.3) is 0 Å². The lowest BCUT2D eigenvalue weighted by atomic mass is 10.2. The molecule has 0 radical (unpaired) electrons. The van der Waals surface area contributed by atoms with Crippen LogP contribution in [0.3, 0.4) is 0 Å². The van der Waals surface area contributed by atoms with E-state index < -0.39 is 0 Å². The Kier molecular flexibility index (Phi) is 4.21. The minimum Gasteiger partial charge on any atom is -0.299 e. The highest BCUT2D eigenvalue weighted by Crippen LogP contribution is 2.25. The Hall–Kier alpha value is -0.760. The molecule has 0 bridgehead atoms. The molecule has 0 aromatic heterocycles. The van der Waals surface area contributed by atoms with E-state index in [9.17, 15) is 4.79 Å². The number of carbonyl (C=O) groups excluding carboxylic acids is 1. The Balaban J connectivity index is 2.67. The average Bonchev–Trinajstić information content (AvgIpc) is 2.16. The van der Waals surface area contributed by atoms with Gasteiger partial charge in [-0.15, -0.1) is 11.8 Å². The lowest BCUT2D eigenvalue weighted by molar-refractivity contribution is -0.116. The van der Waals surface area contributed by atoms with Crippen molar-refractivity contribution in [3.8, 4) is 0 Å². The van der Waals surface area contributed by atoms with Crippen molar-refractivity contribution >= 4 is 17.5 Å². The Bertz CT molecular complexity index is 303. The first-order chi connectivity index (χ1) is 6.63. The van der Waals surface area contributed by atoms with Gasteiger partial charge >= 0.3 is 0 Å². The molecular formula is C12H16OS. The SMILES string of the molecule is CCC(Sc1ccc(C)cc1)C(C)=O. The van der Waals surface area contributed by atoms with Gasteiger partial charge in [-0.2, -0.15) is 0 Å². The fraction of sp³-hybridized carbons (Fsp3) is 0.417. The van der Waals surface area contributed by atoms with E-state index in [1.54, 1.807) is 18.7 Å². The van der Waals surface area contributed by atoms with Gasteiger partial charge in [-0.1, -0.05) is 24.6 Å². The molecule has 0 heterocycles. The highest BCUT2D eigenvalue weighted by Gasteiger charge is 2.12. The Labute approximate surface area is 89.9 Å². The van der Waals surface area contributed by atoms with E-state index >= 15 is 0 Å². The highest BCUT2D eigenvalue weighted by atomic mass is 32.2. The molecule has 2 heteroatoms. The second-order valence-electron chi connectivity index (χ2n) is 3.44.